The van der Waals surface area contributed by atoms with E-state index in [1.807, 2.05) is 6.92 Å². The minimum atomic E-state index is -0.373. The largest absolute Gasteiger partial charge is 0.393 e. The van der Waals surface area contributed by atoms with E-state index >= 15 is 0 Å². The molecule has 0 saturated heterocycles. The van der Waals surface area contributed by atoms with Crippen LogP contribution in [0.25, 0.3) is 0 Å². The van der Waals surface area contributed by atoms with Crippen LogP contribution in [0.4, 0.5) is 10.5 Å². The Kier molecular flexibility index (Phi) is 6.42. The predicted octanol–water partition coefficient (Wildman–Crippen LogP) is 3.52. The molecule has 1 aromatic rings. The van der Waals surface area contributed by atoms with Gasteiger partial charge in [-0.3, -0.25) is 0 Å². The lowest BCUT2D eigenvalue weighted by Crippen LogP contribution is -2.33. The zero-order chi connectivity index (χ0) is 14.4. The molecule has 4 nitrogen and oxygen atoms in total. The van der Waals surface area contributed by atoms with Gasteiger partial charge in [-0.05, 0) is 37.5 Å². The molecule has 1 aromatic carbocycles. The summed E-state index contributed by atoms with van der Waals surface area (Å²) in [6.45, 7) is 4.16. The Labute approximate surface area is 123 Å². The number of urea groups is 1. The summed E-state index contributed by atoms with van der Waals surface area (Å²) in [6, 6.07) is 4.51. The highest BCUT2D eigenvalue weighted by Crippen LogP contribution is 2.25. The van der Waals surface area contributed by atoms with Gasteiger partial charge >= 0.3 is 6.03 Å². The molecule has 0 heterocycles. The van der Waals surface area contributed by atoms with E-state index in [2.05, 4.69) is 10.6 Å². The molecule has 0 bridgehead atoms. The third kappa shape index (κ3) is 6.14. The second kappa shape index (κ2) is 7.58. The van der Waals surface area contributed by atoms with Gasteiger partial charge in [0.25, 0.3) is 0 Å². The van der Waals surface area contributed by atoms with Gasteiger partial charge in [-0.1, -0.05) is 30.1 Å². The molecule has 0 saturated carbocycles. The average molecular weight is 305 g/mol. The molecule has 2 amide bonds. The van der Waals surface area contributed by atoms with Crippen LogP contribution in [-0.4, -0.2) is 23.8 Å². The number of nitrogens with one attached hydrogen (secondary N) is 2. The lowest BCUT2D eigenvalue weighted by Gasteiger charge is -2.15. The summed E-state index contributed by atoms with van der Waals surface area (Å²) in [5.74, 6) is 0.195. The number of halogens is 2. The number of anilines is 1. The van der Waals surface area contributed by atoms with Crippen molar-refractivity contribution in [2.75, 3.05) is 11.9 Å². The minimum absolute atomic E-state index is 0.195. The molecule has 3 N–H and O–H groups in total. The molecule has 0 aromatic heterocycles. The topological polar surface area (TPSA) is 61.4 Å². The predicted molar refractivity (Wildman–Crippen MR) is 78.9 cm³/mol. The summed E-state index contributed by atoms with van der Waals surface area (Å²) >= 11 is 11.8. The van der Waals surface area contributed by atoms with Crippen molar-refractivity contribution in [1.29, 1.82) is 0 Å². The van der Waals surface area contributed by atoms with Crippen molar-refractivity contribution >= 4 is 34.9 Å². The third-order valence-corrected chi connectivity index (χ3v) is 3.10. The fourth-order valence-electron chi connectivity index (χ4n) is 1.69. The van der Waals surface area contributed by atoms with Crippen molar-refractivity contribution in [1.82, 2.24) is 5.32 Å². The Morgan fingerprint density at radius 3 is 2.68 bits per heavy atom. The average Bonchev–Trinajstić information content (AvgIpc) is 2.30. The first-order chi connectivity index (χ1) is 8.88. The van der Waals surface area contributed by atoms with Gasteiger partial charge in [0, 0.05) is 11.6 Å². The molecule has 0 spiro atoms. The van der Waals surface area contributed by atoms with E-state index in [1.54, 1.807) is 25.1 Å². The maximum Gasteiger partial charge on any atom is 0.319 e. The summed E-state index contributed by atoms with van der Waals surface area (Å²) in [5.41, 5.74) is 0.467. The molecule has 2 atom stereocenters. The number of carbonyl (C=O) groups is 1. The van der Waals surface area contributed by atoms with Crippen molar-refractivity contribution in [3.63, 3.8) is 0 Å². The van der Waals surface area contributed by atoms with Gasteiger partial charge in [-0.2, -0.15) is 0 Å². The molecule has 6 heteroatoms. The van der Waals surface area contributed by atoms with E-state index in [0.717, 1.165) is 0 Å². The minimum Gasteiger partial charge on any atom is -0.393 e. The molecule has 106 valence electrons. The van der Waals surface area contributed by atoms with Crippen LogP contribution < -0.4 is 10.6 Å². The summed E-state index contributed by atoms with van der Waals surface area (Å²) in [4.78, 5) is 11.7. The molecule has 0 aliphatic rings. The van der Waals surface area contributed by atoms with Crippen LogP contribution in [-0.2, 0) is 0 Å². The zero-order valence-corrected chi connectivity index (χ0v) is 12.4. The zero-order valence-electron chi connectivity index (χ0n) is 10.9. The number of aliphatic hydroxyl groups is 1. The number of hydrogen-bond donors (Lipinski definition) is 3. The Balaban J connectivity index is 2.45. The van der Waals surface area contributed by atoms with Crippen molar-refractivity contribution in [3.05, 3.63) is 28.2 Å². The van der Waals surface area contributed by atoms with Crippen molar-refractivity contribution in [2.24, 2.45) is 5.92 Å². The van der Waals surface area contributed by atoms with Crippen LogP contribution in [0, 0.1) is 5.92 Å². The Morgan fingerprint density at radius 1 is 1.37 bits per heavy atom. The van der Waals surface area contributed by atoms with Gasteiger partial charge in [0.15, 0.2) is 0 Å². The van der Waals surface area contributed by atoms with Crippen LogP contribution in [0.1, 0.15) is 20.3 Å². The maximum absolute atomic E-state index is 11.7. The number of aliphatic hydroxyl groups excluding tert-OH is 1. The van der Waals surface area contributed by atoms with Gasteiger partial charge in [0.1, 0.15) is 0 Å². The molecule has 0 radical (unpaired) electrons. The number of hydrogen-bond acceptors (Lipinski definition) is 2. The van der Waals surface area contributed by atoms with E-state index in [9.17, 15) is 9.90 Å². The van der Waals surface area contributed by atoms with Crippen LogP contribution in [0.15, 0.2) is 18.2 Å². The highest BCUT2D eigenvalue weighted by atomic mass is 35.5. The van der Waals surface area contributed by atoms with Crippen molar-refractivity contribution in [3.8, 4) is 0 Å². The Bertz CT molecular complexity index is 439. The first kappa shape index (κ1) is 16.1. The quantitative estimate of drug-likeness (QED) is 0.779. The summed E-state index contributed by atoms with van der Waals surface area (Å²) in [7, 11) is 0. The lowest BCUT2D eigenvalue weighted by molar-refractivity contribution is 0.163. The highest BCUT2D eigenvalue weighted by Gasteiger charge is 2.09. The van der Waals surface area contributed by atoms with Gasteiger partial charge < -0.3 is 15.7 Å². The first-order valence-corrected chi connectivity index (χ1v) is 6.82. The molecule has 0 aliphatic carbocycles. The van der Waals surface area contributed by atoms with E-state index in [4.69, 9.17) is 23.2 Å². The summed E-state index contributed by atoms with van der Waals surface area (Å²) < 4.78 is 0. The van der Waals surface area contributed by atoms with Gasteiger partial charge in [0.05, 0.1) is 16.8 Å². The SMILES string of the molecule is CC(O)CC(C)CNC(=O)Nc1cc(Cl)ccc1Cl. The molecule has 2 unspecified atom stereocenters. The molecule has 19 heavy (non-hydrogen) atoms. The van der Waals surface area contributed by atoms with Crippen LogP contribution >= 0.6 is 23.2 Å². The van der Waals surface area contributed by atoms with Gasteiger partial charge in [0.2, 0.25) is 0 Å². The van der Waals surface area contributed by atoms with E-state index in [1.165, 1.54) is 0 Å². The number of carbonyl (C=O) groups excluding carboxylic acids is 1. The monoisotopic (exact) mass is 304 g/mol. The molecule has 0 fully saturated rings. The van der Waals surface area contributed by atoms with Crippen molar-refractivity contribution in [2.45, 2.75) is 26.4 Å². The Morgan fingerprint density at radius 2 is 2.05 bits per heavy atom. The fourth-order valence-corrected chi connectivity index (χ4v) is 2.03. The number of benzene rings is 1. The molecular formula is C13H18Cl2N2O2. The fraction of sp³-hybridized carbons (Fsp3) is 0.462. The lowest BCUT2D eigenvalue weighted by atomic mass is 10.1. The van der Waals surface area contributed by atoms with Gasteiger partial charge in [-0.25, -0.2) is 4.79 Å². The Hall–Kier alpha value is -0.970. The molecule has 0 aliphatic heterocycles. The third-order valence-electron chi connectivity index (χ3n) is 2.53. The summed E-state index contributed by atoms with van der Waals surface area (Å²) in [5, 5.41) is 15.5. The van der Waals surface area contributed by atoms with E-state index < -0.39 is 0 Å². The van der Waals surface area contributed by atoms with E-state index in [0.29, 0.717) is 28.7 Å². The van der Waals surface area contributed by atoms with E-state index in [-0.39, 0.29) is 18.1 Å². The highest BCUT2D eigenvalue weighted by molar-refractivity contribution is 6.35. The maximum atomic E-state index is 11.7. The first-order valence-electron chi connectivity index (χ1n) is 6.06. The second-order valence-electron chi connectivity index (χ2n) is 4.65. The van der Waals surface area contributed by atoms with Crippen molar-refractivity contribution < 1.29 is 9.90 Å². The molecule has 1 rings (SSSR count). The van der Waals surface area contributed by atoms with Crippen LogP contribution in [0.3, 0.4) is 0 Å². The van der Waals surface area contributed by atoms with Crippen LogP contribution in [0.2, 0.25) is 10.0 Å². The molecular weight excluding hydrogens is 287 g/mol. The summed E-state index contributed by atoms with van der Waals surface area (Å²) in [6.07, 6.45) is 0.264. The smallest absolute Gasteiger partial charge is 0.319 e. The number of rotatable bonds is 5. The second-order valence-corrected chi connectivity index (χ2v) is 5.49. The normalized spacial score (nSPS) is 13.7. The van der Waals surface area contributed by atoms with Crippen LogP contribution in [0.5, 0.6) is 0 Å². The number of amides is 2. The van der Waals surface area contributed by atoms with Gasteiger partial charge in [-0.15, -0.1) is 0 Å². The standard InChI is InChI=1S/C13H18Cl2N2O2/c1-8(5-9(2)18)7-16-13(19)17-12-6-10(14)3-4-11(12)15/h3-4,6,8-9,18H,5,7H2,1-2H3,(H2,16,17,19).